The molecule has 0 aliphatic heterocycles. The molecule has 0 aliphatic carbocycles. The van der Waals surface area contributed by atoms with Crippen molar-refractivity contribution < 1.29 is 4.79 Å². The van der Waals surface area contributed by atoms with Gasteiger partial charge in [0.2, 0.25) is 5.91 Å². The van der Waals surface area contributed by atoms with E-state index < -0.39 is 0 Å². The molecule has 9 heteroatoms. The molecule has 1 amide bonds. The lowest BCUT2D eigenvalue weighted by molar-refractivity contribution is -0.122. The summed E-state index contributed by atoms with van der Waals surface area (Å²) in [5, 5.41) is 9.91. The molecular weight excluding hydrogens is 368 g/mol. The van der Waals surface area contributed by atoms with E-state index in [1.54, 1.807) is 13.4 Å². The van der Waals surface area contributed by atoms with Crippen LogP contribution in [0.1, 0.15) is 12.6 Å². The quantitative estimate of drug-likeness (QED) is 0.398. The van der Waals surface area contributed by atoms with E-state index in [0.717, 1.165) is 45.0 Å². The molecule has 29 heavy (non-hydrogen) atoms. The number of likely N-dealkylation sites (N-methyl/N-ethyl adjacent to an activating group) is 1. The van der Waals surface area contributed by atoms with Crippen LogP contribution < -0.4 is 16.0 Å². The zero-order chi connectivity index (χ0) is 20.5. The van der Waals surface area contributed by atoms with Gasteiger partial charge in [-0.15, -0.1) is 0 Å². The molecular formula is C20H24N8O. The number of pyridine rings is 2. The molecule has 0 bridgehead atoms. The van der Waals surface area contributed by atoms with Crippen molar-refractivity contribution in [3.8, 4) is 11.4 Å². The van der Waals surface area contributed by atoms with Gasteiger partial charge in [0.1, 0.15) is 11.2 Å². The van der Waals surface area contributed by atoms with Crippen molar-refractivity contribution in [2.24, 2.45) is 7.05 Å². The molecule has 0 aliphatic rings. The minimum Gasteiger partial charge on any atom is -0.371 e. The number of aromatic nitrogens is 5. The number of aromatic amines is 1. The van der Waals surface area contributed by atoms with Gasteiger partial charge in [0.25, 0.3) is 0 Å². The van der Waals surface area contributed by atoms with Crippen molar-refractivity contribution in [3.05, 3.63) is 36.3 Å². The van der Waals surface area contributed by atoms with Crippen molar-refractivity contribution in [2.45, 2.75) is 19.5 Å². The van der Waals surface area contributed by atoms with E-state index in [0.29, 0.717) is 6.54 Å². The molecule has 1 atom stereocenters. The first-order valence-electron chi connectivity index (χ1n) is 9.44. The fourth-order valence-corrected chi connectivity index (χ4v) is 3.30. The van der Waals surface area contributed by atoms with Crippen LogP contribution in [0, 0.1) is 0 Å². The van der Waals surface area contributed by atoms with Crippen molar-refractivity contribution >= 4 is 33.8 Å². The second-order valence-electron chi connectivity index (χ2n) is 6.95. The Labute approximate surface area is 168 Å². The Hall–Kier alpha value is -3.46. The fraction of sp³-hybridized carbons (Fsp3) is 0.300. The molecule has 9 nitrogen and oxygen atoms in total. The number of rotatable bonds is 6. The van der Waals surface area contributed by atoms with Gasteiger partial charge in [-0.2, -0.15) is 0 Å². The maximum Gasteiger partial charge on any atom is 0.237 e. The minimum atomic E-state index is -0.249. The fourth-order valence-electron chi connectivity index (χ4n) is 3.30. The summed E-state index contributed by atoms with van der Waals surface area (Å²) in [7, 11) is 5.56. The molecule has 4 aromatic rings. The van der Waals surface area contributed by atoms with Gasteiger partial charge in [-0.05, 0) is 32.2 Å². The van der Waals surface area contributed by atoms with Gasteiger partial charge in [0.15, 0.2) is 5.82 Å². The number of anilines is 1. The number of nitrogens with zero attached hydrogens (tertiary/aromatic N) is 4. The van der Waals surface area contributed by atoms with E-state index in [1.165, 1.54) is 0 Å². The highest BCUT2D eigenvalue weighted by molar-refractivity contribution is 6.07. The zero-order valence-electron chi connectivity index (χ0n) is 16.9. The van der Waals surface area contributed by atoms with Gasteiger partial charge in [0, 0.05) is 19.5 Å². The molecule has 0 saturated heterocycles. The van der Waals surface area contributed by atoms with Crippen LogP contribution in [0.2, 0.25) is 0 Å². The number of carbonyl (C=O) groups excluding carboxylic acids is 1. The van der Waals surface area contributed by atoms with Crippen LogP contribution in [-0.2, 0) is 18.4 Å². The molecule has 4 rings (SSSR count). The van der Waals surface area contributed by atoms with E-state index in [2.05, 4.69) is 30.9 Å². The number of hydrogen-bond acceptors (Lipinski definition) is 6. The van der Waals surface area contributed by atoms with Crippen molar-refractivity contribution in [2.75, 3.05) is 19.4 Å². The maximum atomic E-state index is 12.0. The number of hydrogen-bond donors (Lipinski definition) is 4. The van der Waals surface area contributed by atoms with Crippen LogP contribution in [0.5, 0.6) is 0 Å². The third-order valence-electron chi connectivity index (χ3n) is 5.03. The van der Waals surface area contributed by atoms with Gasteiger partial charge < -0.3 is 25.5 Å². The molecule has 0 fully saturated rings. The average Bonchev–Trinajstić information content (AvgIpc) is 3.34. The smallest absolute Gasteiger partial charge is 0.237 e. The van der Waals surface area contributed by atoms with Crippen molar-refractivity contribution in [3.63, 3.8) is 0 Å². The topological polar surface area (TPSA) is 113 Å². The lowest BCUT2D eigenvalue weighted by Crippen LogP contribution is -2.40. The first-order chi connectivity index (χ1) is 14.0. The maximum absolute atomic E-state index is 12.0. The number of imidazole rings is 1. The highest BCUT2D eigenvalue weighted by Crippen LogP contribution is 2.31. The zero-order valence-corrected chi connectivity index (χ0v) is 16.9. The second-order valence-corrected chi connectivity index (χ2v) is 6.95. The van der Waals surface area contributed by atoms with Gasteiger partial charge in [-0.25, -0.2) is 15.0 Å². The standard InChI is InChI=1S/C20H24N8O/c1-11(21-2)20(29)23-9-12-6-5-7-14(25-12)15-8-13-17-16(24-10-28(17)4)19(22-3)27-18(13)26-15/h5-8,10-11,21H,9H2,1-4H3,(H,23,29)(H2,22,26,27)/t11-/m0/s1. The first kappa shape index (κ1) is 18.9. The number of nitrogens with one attached hydrogen (secondary N) is 4. The summed E-state index contributed by atoms with van der Waals surface area (Å²) in [5.41, 5.74) is 5.04. The van der Waals surface area contributed by atoms with Gasteiger partial charge >= 0.3 is 0 Å². The number of carbonyl (C=O) groups is 1. The lowest BCUT2D eigenvalue weighted by atomic mass is 10.2. The summed E-state index contributed by atoms with van der Waals surface area (Å²) in [5.74, 6) is 0.664. The van der Waals surface area contributed by atoms with Crippen LogP contribution in [0.15, 0.2) is 30.6 Å². The van der Waals surface area contributed by atoms with Crippen LogP contribution in [0.4, 0.5) is 5.82 Å². The Kier molecular flexibility index (Phi) is 4.89. The van der Waals surface area contributed by atoms with Gasteiger partial charge in [0.05, 0.1) is 41.5 Å². The summed E-state index contributed by atoms with van der Waals surface area (Å²) in [4.78, 5) is 29.2. The summed E-state index contributed by atoms with van der Waals surface area (Å²) < 4.78 is 1.99. The van der Waals surface area contributed by atoms with Crippen LogP contribution >= 0.6 is 0 Å². The first-order valence-corrected chi connectivity index (χ1v) is 9.44. The van der Waals surface area contributed by atoms with Crippen LogP contribution in [0.25, 0.3) is 33.5 Å². The Morgan fingerprint density at radius 3 is 2.86 bits per heavy atom. The molecule has 0 spiro atoms. The Morgan fingerprint density at radius 2 is 2.10 bits per heavy atom. The lowest BCUT2D eigenvalue weighted by Gasteiger charge is -2.11. The SMILES string of the molecule is CNc1nc2[nH]c(-c3cccc(CNC(=O)[C@H](C)NC)n3)cc2c2c1ncn2C. The van der Waals surface area contributed by atoms with E-state index in [9.17, 15) is 4.79 Å². The Bertz CT molecular complexity index is 1190. The monoisotopic (exact) mass is 392 g/mol. The predicted octanol–water partition coefficient (Wildman–Crippen LogP) is 1.78. The second kappa shape index (κ2) is 7.51. The predicted molar refractivity (Wildman–Crippen MR) is 114 cm³/mol. The number of H-pyrrole nitrogens is 1. The third kappa shape index (κ3) is 3.40. The number of aryl methyl sites for hydroxylation is 1. The van der Waals surface area contributed by atoms with E-state index >= 15 is 0 Å². The summed E-state index contributed by atoms with van der Waals surface area (Å²) in [6, 6.07) is 7.56. The highest BCUT2D eigenvalue weighted by Gasteiger charge is 2.16. The summed E-state index contributed by atoms with van der Waals surface area (Å²) >= 11 is 0. The summed E-state index contributed by atoms with van der Waals surface area (Å²) in [6.45, 7) is 2.18. The van der Waals surface area contributed by atoms with E-state index in [-0.39, 0.29) is 11.9 Å². The van der Waals surface area contributed by atoms with E-state index in [1.807, 2.05) is 49.9 Å². The van der Waals surface area contributed by atoms with Gasteiger partial charge in [-0.3, -0.25) is 4.79 Å². The molecule has 4 N–H and O–H groups in total. The molecule has 0 saturated carbocycles. The normalized spacial score (nSPS) is 12.4. The summed E-state index contributed by atoms with van der Waals surface area (Å²) in [6.07, 6.45) is 1.78. The molecule has 4 heterocycles. The molecule has 4 aromatic heterocycles. The minimum absolute atomic E-state index is 0.0623. The van der Waals surface area contributed by atoms with Crippen LogP contribution in [0.3, 0.4) is 0 Å². The van der Waals surface area contributed by atoms with Gasteiger partial charge in [-0.1, -0.05) is 6.07 Å². The highest BCUT2D eigenvalue weighted by atomic mass is 16.2. The molecule has 150 valence electrons. The molecule has 0 radical (unpaired) electrons. The average molecular weight is 392 g/mol. The van der Waals surface area contributed by atoms with Crippen molar-refractivity contribution in [1.82, 2.24) is 35.1 Å². The Balaban J connectivity index is 1.69. The van der Waals surface area contributed by atoms with Crippen LogP contribution in [-0.4, -0.2) is 50.5 Å². The number of fused-ring (bicyclic) bond motifs is 3. The third-order valence-corrected chi connectivity index (χ3v) is 5.03. The molecule has 0 unspecified atom stereocenters. The van der Waals surface area contributed by atoms with E-state index in [4.69, 9.17) is 4.98 Å². The van der Waals surface area contributed by atoms with Crippen molar-refractivity contribution in [1.29, 1.82) is 0 Å². The largest absolute Gasteiger partial charge is 0.371 e. The molecule has 0 aromatic carbocycles. The Morgan fingerprint density at radius 1 is 1.28 bits per heavy atom. The number of amides is 1.